The van der Waals surface area contributed by atoms with Crippen LogP contribution in [0.4, 0.5) is 0 Å². The molecule has 3 aromatic rings. The first kappa shape index (κ1) is 20.4. The van der Waals surface area contributed by atoms with Crippen LogP contribution in [0.3, 0.4) is 0 Å². The maximum Gasteiger partial charge on any atom is 0.0991 e. The van der Waals surface area contributed by atoms with Gasteiger partial charge in [0.2, 0.25) is 0 Å². The van der Waals surface area contributed by atoms with Crippen LogP contribution in [0.2, 0.25) is 0 Å². The van der Waals surface area contributed by atoms with E-state index in [1.807, 2.05) is 12.1 Å². The molecule has 144 valence electrons. The first-order valence-corrected chi connectivity index (χ1v) is 9.98. The average Bonchev–Trinajstić information content (AvgIpc) is 2.73. The molecule has 3 aromatic carbocycles. The number of fused-ring (bicyclic) bond motifs is 1. The predicted molar refractivity (Wildman–Crippen MR) is 119 cm³/mol. The Balaban J connectivity index is 0.00000225. The normalized spacial score (nSPS) is 20.1. The molecule has 1 N–H and O–H groups in total. The number of nitriles is 1. The van der Waals surface area contributed by atoms with Gasteiger partial charge in [-0.2, -0.15) is 5.26 Å². The van der Waals surface area contributed by atoms with Crippen LogP contribution in [0, 0.1) is 11.3 Å². The molecule has 3 atom stereocenters. The molecule has 1 aliphatic carbocycles. The number of rotatable bonds is 4. The number of nitrogens with zero attached hydrogens (tertiary/aromatic N) is 1. The Kier molecular flexibility index (Phi) is 6.73. The van der Waals surface area contributed by atoms with Crippen molar-refractivity contribution in [2.45, 2.75) is 50.6 Å². The Morgan fingerprint density at radius 1 is 0.964 bits per heavy atom. The van der Waals surface area contributed by atoms with E-state index in [-0.39, 0.29) is 12.4 Å². The Bertz CT molecular complexity index is 953. The van der Waals surface area contributed by atoms with E-state index in [0.717, 1.165) is 5.56 Å². The summed E-state index contributed by atoms with van der Waals surface area (Å²) in [4.78, 5) is 0. The Hall–Kier alpha value is -2.34. The number of nitrogens with one attached hydrogen (secondary N) is 1. The highest BCUT2D eigenvalue weighted by Gasteiger charge is 2.24. The minimum absolute atomic E-state index is 0. The van der Waals surface area contributed by atoms with E-state index >= 15 is 0 Å². The summed E-state index contributed by atoms with van der Waals surface area (Å²) >= 11 is 0. The molecular weight excluding hydrogens is 364 g/mol. The molecule has 2 nitrogen and oxygen atoms in total. The highest BCUT2D eigenvalue weighted by atomic mass is 35.5. The van der Waals surface area contributed by atoms with Gasteiger partial charge in [0.25, 0.3) is 0 Å². The molecule has 0 spiro atoms. The third-order valence-corrected chi connectivity index (χ3v) is 5.96. The molecule has 1 saturated carbocycles. The van der Waals surface area contributed by atoms with Gasteiger partial charge in [-0.05, 0) is 66.1 Å². The summed E-state index contributed by atoms with van der Waals surface area (Å²) in [5.74, 6) is 0.587. The Morgan fingerprint density at radius 3 is 2.50 bits per heavy atom. The van der Waals surface area contributed by atoms with Gasteiger partial charge in [0.1, 0.15) is 0 Å². The Morgan fingerprint density at radius 2 is 1.71 bits per heavy atom. The molecule has 0 saturated heterocycles. The summed E-state index contributed by atoms with van der Waals surface area (Å²) in [6.07, 6.45) is 4.90. The summed E-state index contributed by atoms with van der Waals surface area (Å²) in [5, 5.41) is 15.6. The molecular formula is C25H27ClN2. The van der Waals surface area contributed by atoms with Gasteiger partial charge in [0.15, 0.2) is 0 Å². The summed E-state index contributed by atoms with van der Waals surface area (Å²) in [5.41, 5.74) is 3.50. The molecule has 4 rings (SSSR count). The fraction of sp³-hybridized carbons (Fsp3) is 0.320. The molecule has 0 radical (unpaired) electrons. The van der Waals surface area contributed by atoms with Crippen molar-refractivity contribution in [1.29, 1.82) is 5.26 Å². The molecule has 3 heteroatoms. The zero-order chi connectivity index (χ0) is 18.6. The summed E-state index contributed by atoms with van der Waals surface area (Å²) in [7, 11) is 0. The van der Waals surface area contributed by atoms with Crippen molar-refractivity contribution in [3.8, 4) is 6.07 Å². The van der Waals surface area contributed by atoms with Gasteiger partial charge in [0, 0.05) is 12.1 Å². The van der Waals surface area contributed by atoms with Gasteiger partial charge in [-0.3, -0.25) is 0 Å². The first-order valence-electron chi connectivity index (χ1n) is 9.98. The monoisotopic (exact) mass is 390 g/mol. The lowest BCUT2D eigenvalue weighted by molar-refractivity contribution is 0.319. The summed E-state index contributed by atoms with van der Waals surface area (Å²) in [6, 6.07) is 26.5. The van der Waals surface area contributed by atoms with Crippen LogP contribution in [-0.2, 0) is 0 Å². The largest absolute Gasteiger partial charge is 0.307 e. The van der Waals surface area contributed by atoms with E-state index in [2.05, 4.69) is 72.9 Å². The van der Waals surface area contributed by atoms with E-state index in [9.17, 15) is 0 Å². The lowest BCUT2D eigenvalue weighted by Gasteiger charge is -2.32. The number of hydrogen-bond donors (Lipinski definition) is 1. The molecule has 0 amide bonds. The second-order valence-electron chi connectivity index (χ2n) is 7.75. The number of hydrogen-bond acceptors (Lipinski definition) is 2. The van der Waals surface area contributed by atoms with Gasteiger partial charge in [-0.1, -0.05) is 61.0 Å². The SMILES string of the molecule is C[C@@H](NC1CCCC(c2ccc(C#N)cc2)C1)c1cccc2ccccc12.Cl. The van der Waals surface area contributed by atoms with Crippen LogP contribution in [0.5, 0.6) is 0 Å². The second-order valence-corrected chi connectivity index (χ2v) is 7.75. The van der Waals surface area contributed by atoms with Gasteiger partial charge in [0.05, 0.1) is 11.6 Å². The molecule has 0 aliphatic heterocycles. The lowest BCUT2D eigenvalue weighted by atomic mass is 9.81. The fourth-order valence-electron chi connectivity index (χ4n) is 4.55. The highest BCUT2D eigenvalue weighted by molar-refractivity contribution is 5.86. The zero-order valence-electron chi connectivity index (χ0n) is 16.3. The molecule has 0 bridgehead atoms. The third-order valence-electron chi connectivity index (χ3n) is 5.96. The van der Waals surface area contributed by atoms with Crippen molar-refractivity contribution in [3.05, 3.63) is 83.4 Å². The van der Waals surface area contributed by atoms with Crippen molar-refractivity contribution in [2.75, 3.05) is 0 Å². The topological polar surface area (TPSA) is 35.8 Å². The summed E-state index contributed by atoms with van der Waals surface area (Å²) in [6.45, 7) is 2.28. The van der Waals surface area contributed by atoms with E-state index in [1.165, 1.54) is 47.6 Å². The van der Waals surface area contributed by atoms with Crippen molar-refractivity contribution in [1.82, 2.24) is 5.32 Å². The number of benzene rings is 3. The second kappa shape index (κ2) is 9.24. The standard InChI is InChI=1S/C25H26N2.ClH/c1-18(24-11-5-7-21-6-2-3-10-25(21)24)27-23-9-4-8-22(16-23)20-14-12-19(17-26)13-15-20;/h2-3,5-7,10-15,18,22-23,27H,4,8-9,16H2,1H3;1H/t18-,22?,23?;/m1./s1. The smallest absolute Gasteiger partial charge is 0.0991 e. The predicted octanol–water partition coefficient (Wildman–Crippen LogP) is 6.51. The van der Waals surface area contributed by atoms with E-state index in [1.54, 1.807) is 0 Å². The van der Waals surface area contributed by atoms with Crippen molar-refractivity contribution < 1.29 is 0 Å². The van der Waals surface area contributed by atoms with Gasteiger partial charge < -0.3 is 5.32 Å². The average molecular weight is 391 g/mol. The van der Waals surface area contributed by atoms with Crippen LogP contribution < -0.4 is 5.32 Å². The number of halogens is 1. The maximum absolute atomic E-state index is 9.00. The minimum atomic E-state index is 0. The van der Waals surface area contributed by atoms with Crippen LogP contribution in [0.25, 0.3) is 10.8 Å². The lowest BCUT2D eigenvalue weighted by Crippen LogP contribution is -2.35. The van der Waals surface area contributed by atoms with Crippen molar-refractivity contribution in [2.24, 2.45) is 0 Å². The van der Waals surface area contributed by atoms with Crippen LogP contribution in [0.15, 0.2) is 66.7 Å². The highest BCUT2D eigenvalue weighted by Crippen LogP contribution is 2.34. The molecule has 28 heavy (non-hydrogen) atoms. The fourth-order valence-corrected chi connectivity index (χ4v) is 4.55. The quantitative estimate of drug-likeness (QED) is 0.551. The molecule has 0 aromatic heterocycles. The maximum atomic E-state index is 9.00. The van der Waals surface area contributed by atoms with Crippen LogP contribution in [0.1, 0.15) is 61.3 Å². The van der Waals surface area contributed by atoms with E-state index in [4.69, 9.17) is 5.26 Å². The van der Waals surface area contributed by atoms with E-state index < -0.39 is 0 Å². The Labute approximate surface area is 174 Å². The third kappa shape index (κ3) is 4.38. The molecule has 2 unspecified atom stereocenters. The van der Waals surface area contributed by atoms with Gasteiger partial charge >= 0.3 is 0 Å². The molecule has 1 aliphatic rings. The van der Waals surface area contributed by atoms with Crippen LogP contribution in [-0.4, -0.2) is 6.04 Å². The van der Waals surface area contributed by atoms with Crippen molar-refractivity contribution >= 4 is 23.2 Å². The van der Waals surface area contributed by atoms with Gasteiger partial charge in [-0.25, -0.2) is 0 Å². The van der Waals surface area contributed by atoms with Crippen molar-refractivity contribution in [3.63, 3.8) is 0 Å². The van der Waals surface area contributed by atoms with Crippen LogP contribution >= 0.6 is 12.4 Å². The van der Waals surface area contributed by atoms with E-state index in [0.29, 0.717) is 18.0 Å². The molecule has 1 fully saturated rings. The van der Waals surface area contributed by atoms with Gasteiger partial charge in [-0.15, -0.1) is 12.4 Å². The summed E-state index contributed by atoms with van der Waals surface area (Å²) < 4.78 is 0. The zero-order valence-corrected chi connectivity index (χ0v) is 17.1. The molecule has 0 heterocycles. The minimum Gasteiger partial charge on any atom is -0.307 e. The first-order chi connectivity index (χ1) is 13.2.